The molecule has 0 aliphatic rings. The third kappa shape index (κ3) is 5.54. The number of nitrogens with zero attached hydrogens (tertiary/aromatic N) is 2. The number of rotatable bonds is 8. The minimum atomic E-state index is -4.56. The molecular formula is C18H19Cl2F3N2O3. The van der Waals surface area contributed by atoms with Crippen LogP contribution in [0.2, 0.25) is 0 Å². The van der Waals surface area contributed by atoms with Crippen molar-refractivity contribution >= 4 is 29.2 Å². The summed E-state index contributed by atoms with van der Waals surface area (Å²) in [4.78, 5) is 16.0. The highest BCUT2D eigenvalue weighted by Gasteiger charge is 2.44. The van der Waals surface area contributed by atoms with E-state index in [-0.39, 0.29) is 18.1 Å². The van der Waals surface area contributed by atoms with Crippen LogP contribution in [0.25, 0.3) is 0 Å². The van der Waals surface area contributed by atoms with Gasteiger partial charge >= 0.3 is 18.1 Å². The highest BCUT2D eigenvalue weighted by Crippen LogP contribution is 2.39. The summed E-state index contributed by atoms with van der Waals surface area (Å²) in [6, 6.07) is 4.28. The second-order valence-corrected chi connectivity index (χ2v) is 7.43. The summed E-state index contributed by atoms with van der Waals surface area (Å²) in [5, 5.41) is 0. The van der Waals surface area contributed by atoms with Gasteiger partial charge in [-0.05, 0) is 23.6 Å². The number of imidazole rings is 1. The first kappa shape index (κ1) is 22.4. The number of halogens is 5. The van der Waals surface area contributed by atoms with Gasteiger partial charge in [0, 0.05) is 18.3 Å². The Hall–Kier alpha value is -1.93. The van der Waals surface area contributed by atoms with Gasteiger partial charge in [0.1, 0.15) is 18.0 Å². The number of ether oxygens (including phenoxy) is 2. The lowest BCUT2D eigenvalue weighted by Gasteiger charge is -2.39. The van der Waals surface area contributed by atoms with Crippen molar-refractivity contribution in [1.29, 1.82) is 0 Å². The molecule has 0 spiro atoms. The Balaban J connectivity index is 2.54. The zero-order valence-corrected chi connectivity index (χ0v) is 16.7. The van der Waals surface area contributed by atoms with E-state index in [4.69, 9.17) is 32.7 Å². The number of aromatic nitrogens is 2. The van der Waals surface area contributed by atoms with E-state index >= 15 is 0 Å². The van der Waals surface area contributed by atoms with E-state index < -0.39 is 34.9 Å². The summed E-state index contributed by atoms with van der Waals surface area (Å²) in [7, 11) is 0. The molecule has 1 atom stereocenters. The van der Waals surface area contributed by atoms with Crippen molar-refractivity contribution in [3.8, 4) is 5.75 Å². The number of hydrogen-bond donors (Lipinski definition) is 0. The zero-order valence-electron chi connectivity index (χ0n) is 15.2. The number of alkyl halides is 5. The van der Waals surface area contributed by atoms with Gasteiger partial charge in [-0.2, -0.15) is 13.2 Å². The molecule has 0 aliphatic heterocycles. The Morgan fingerprint density at radius 3 is 2.50 bits per heavy atom. The van der Waals surface area contributed by atoms with Gasteiger partial charge < -0.3 is 9.47 Å². The number of hydrogen-bond acceptors (Lipinski definition) is 4. The van der Waals surface area contributed by atoms with E-state index in [1.165, 1.54) is 35.4 Å². The summed E-state index contributed by atoms with van der Waals surface area (Å²) < 4.78 is 51.9. The Morgan fingerprint density at radius 1 is 1.25 bits per heavy atom. The van der Waals surface area contributed by atoms with Gasteiger partial charge in [0.05, 0.1) is 12.0 Å². The van der Waals surface area contributed by atoms with E-state index in [2.05, 4.69) is 4.98 Å². The quantitative estimate of drug-likeness (QED) is 0.329. The van der Waals surface area contributed by atoms with Crippen LogP contribution < -0.4 is 4.74 Å². The standard InChI is InChI=1S/C18H19Cl2F3N2O3/c1-16(2,11-20)10-17(28-15(26)9-19,25-7-6-24-12-25)27-14-5-3-4-13(8-14)18(21,22)23/h3-8,12H,9-11H2,1-2H3. The zero-order chi connectivity index (χ0) is 21.0. The molecule has 28 heavy (non-hydrogen) atoms. The lowest BCUT2D eigenvalue weighted by molar-refractivity contribution is -0.248. The highest BCUT2D eigenvalue weighted by atomic mass is 35.5. The molecule has 0 saturated carbocycles. The average molecular weight is 439 g/mol. The second-order valence-electron chi connectivity index (χ2n) is 6.89. The van der Waals surface area contributed by atoms with Crippen molar-refractivity contribution in [1.82, 2.24) is 9.55 Å². The molecule has 0 N–H and O–H groups in total. The number of carbonyl (C=O) groups excluding carboxylic acids is 1. The highest BCUT2D eigenvalue weighted by molar-refractivity contribution is 6.26. The maximum Gasteiger partial charge on any atom is 0.416 e. The summed E-state index contributed by atoms with van der Waals surface area (Å²) >= 11 is 11.6. The topological polar surface area (TPSA) is 53.4 Å². The smallest absolute Gasteiger partial charge is 0.416 e. The maximum absolute atomic E-state index is 13.1. The van der Waals surface area contributed by atoms with Crippen LogP contribution in [0.15, 0.2) is 43.0 Å². The molecule has 2 aromatic rings. The van der Waals surface area contributed by atoms with E-state index in [0.29, 0.717) is 0 Å². The molecule has 0 aliphatic carbocycles. The minimum Gasteiger partial charge on any atom is -0.435 e. The van der Waals surface area contributed by atoms with E-state index in [1.54, 1.807) is 13.8 Å². The van der Waals surface area contributed by atoms with Crippen molar-refractivity contribution in [3.05, 3.63) is 48.5 Å². The molecule has 0 amide bonds. The fourth-order valence-electron chi connectivity index (χ4n) is 2.53. The molecule has 1 unspecified atom stereocenters. The summed E-state index contributed by atoms with van der Waals surface area (Å²) in [6.45, 7) is 3.60. The van der Waals surface area contributed by atoms with Crippen LogP contribution in [0.4, 0.5) is 13.2 Å². The fraction of sp³-hybridized carbons (Fsp3) is 0.444. The average Bonchev–Trinajstić information content (AvgIpc) is 3.16. The second kappa shape index (κ2) is 8.61. The number of carbonyl (C=O) groups is 1. The van der Waals surface area contributed by atoms with Crippen molar-refractivity contribution in [3.63, 3.8) is 0 Å². The normalized spacial score (nSPS) is 14.4. The van der Waals surface area contributed by atoms with Gasteiger partial charge in [0.2, 0.25) is 0 Å². The van der Waals surface area contributed by atoms with Crippen LogP contribution in [-0.4, -0.2) is 27.3 Å². The molecule has 0 saturated heterocycles. The van der Waals surface area contributed by atoms with Gasteiger partial charge in [-0.3, -0.25) is 9.36 Å². The first-order valence-corrected chi connectivity index (χ1v) is 9.27. The van der Waals surface area contributed by atoms with E-state index in [1.807, 2.05) is 0 Å². The molecule has 5 nitrogen and oxygen atoms in total. The van der Waals surface area contributed by atoms with E-state index in [0.717, 1.165) is 12.1 Å². The summed E-state index contributed by atoms with van der Waals surface area (Å²) in [5.41, 5.74) is -1.51. The predicted octanol–water partition coefficient (Wildman–Crippen LogP) is 5.03. The monoisotopic (exact) mass is 438 g/mol. The fourth-order valence-corrected chi connectivity index (χ4v) is 2.68. The summed E-state index contributed by atoms with van der Waals surface area (Å²) in [6.07, 6.45) is -0.302. The molecule has 154 valence electrons. The lowest BCUT2D eigenvalue weighted by Crippen LogP contribution is -2.47. The van der Waals surface area contributed by atoms with Crippen LogP contribution in [0.1, 0.15) is 25.8 Å². The molecule has 1 aromatic carbocycles. The first-order chi connectivity index (χ1) is 13.0. The molecule has 0 fully saturated rings. The molecule has 0 bridgehead atoms. The maximum atomic E-state index is 13.1. The Bertz CT molecular complexity index is 798. The first-order valence-electron chi connectivity index (χ1n) is 8.20. The van der Waals surface area contributed by atoms with Gasteiger partial charge in [0.25, 0.3) is 0 Å². The Kier molecular flexibility index (Phi) is 6.88. The van der Waals surface area contributed by atoms with Crippen LogP contribution in [0.3, 0.4) is 0 Å². The van der Waals surface area contributed by atoms with Gasteiger partial charge in [-0.25, -0.2) is 4.98 Å². The molecule has 1 heterocycles. The number of esters is 1. The van der Waals surface area contributed by atoms with Crippen LogP contribution in [-0.2, 0) is 21.6 Å². The van der Waals surface area contributed by atoms with Gasteiger partial charge in [-0.1, -0.05) is 19.9 Å². The predicted molar refractivity (Wildman–Crippen MR) is 98.2 cm³/mol. The molecule has 2 rings (SSSR count). The van der Waals surface area contributed by atoms with Crippen LogP contribution >= 0.6 is 23.2 Å². The lowest BCUT2D eigenvalue weighted by atomic mass is 9.89. The van der Waals surface area contributed by atoms with Crippen LogP contribution in [0, 0.1) is 5.41 Å². The van der Waals surface area contributed by atoms with Crippen LogP contribution in [0.5, 0.6) is 5.75 Å². The molecular weight excluding hydrogens is 420 g/mol. The Labute approximate surface area is 170 Å². The summed E-state index contributed by atoms with van der Waals surface area (Å²) in [5.74, 6) is -3.08. The van der Waals surface area contributed by atoms with Crippen molar-refractivity contribution < 1.29 is 27.4 Å². The van der Waals surface area contributed by atoms with E-state index in [9.17, 15) is 18.0 Å². The largest absolute Gasteiger partial charge is 0.435 e. The molecule has 10 heteroatoms. The van der Waals surface area contributed by atoms with Gasteiger partial charge in [-0.15, -0.1) is 23.2 Å². The SMILES string of the molecule is CC(C)(CCl)CC(OC(=O)CCl)(Oc1cccc(C(F)(F)F)c1)n1ccnc1. The number of benzene rings is 1. The van der Waals surface area contributed by atoms with Crippen molar-refractivity contribution in [2.75, 3.05) is 11.8 Å². The Morgan fingerprint density at radius 2 is 1.96 bits per heavy atom. The minimum absolute atomic E-state index is 0.0265. The van der Waals surface area contributed by atoms with Gasteiger partial charge in [0.15, 0.2) is 0 Å². The molecule has 1 aromatic heterocycles. The third-order valence-corrected chi connectivity index (χ3v) is 4.72. The van der Waals surface area contributed by atoms with Crippen molar-refractivity contribution in [2.24, 2.45) is 5.41 Å². The third-order valence-electron chi connectivity index (χ3n) is 3.78. The van der Waals surface area contributed by atoms with Crippen molar-refractivity contribution in [2.45, 2.75) is 32.4 Å². The molecule has 0 radical (unpaired) electrons.